The Kier molecular flexibility index (Phi) is 8.41. The second-order valence-corrected chi connectivity index (χ2v) is 5.99. The first-order chi connectivity index (χ1) is 9.17. The fraction of sp³-hybridized carbons (Fsp3) is 0.857. The minimum Gasteiger partial charge on any atom is -0.385 e. The molecule has 0 spiro atoms. The molecule has 2 unspecified atom stereocenters. The zero-order chi connectivity index (χ0) is 15.8. The van der Waals surface area contributed by atoms with E-state index >= 15 is 0 Å². The topological polar surface area (TPSA) is 79.5 Å². The van der Waals surface area contributed by atoms with Crippen LogP contribution in [0.25, 0.3) is 0 Å². The van der Waals surface area contributed by atoms with E-state index < -0.39 is 12.1 Å². The molecule has 6 heteroatoms. The van der Waals surface area contributed by atoms with Crippen LogP contribution in [0.2, 0.25) is 0 Å². The fourth-order valence-electron chi connectivity index (χ4n) is 1.59. The smallest absolute Gasteiger partial charge is 0.237 e. The molecule has 20 heavy (non-hydrogen) atoms. The van der Waals surface area contributed by atoms with Gasteiger partial charge in [-0.2, -0.15) is 0 Å². The van der Waals surface area contributed by atoms with Gasteiger partial charge in [0.25, 0.3) is 0 Å². The van der Waals surface area contributed by atoms with Gasteiger partial charge in [0.05, 0.1) is 12.1 Å². The van der Waals surface area contributed by atoms with Gasteiger partial charge >= 0.3 is 0 Å². The van der Waals surface area contributed by atoms with E-state index in [4.69, 9.17) is 4.74 Å². The second-order valence-electron chi connectivity index (χ2n) is 5.99. The lowest BCUT2D eigenvalue weighted by atomic mass is 10.1. The quantitative estimate of drug-likeness (QED) is 0.565. The molecule has 0 aromatic rings. The van der Waals surface area contributed by atoms with Gasteiger partial charge in [0.15, 0.2) is 0 Å². The number of carbonyl (C=O) groups is 2. The van der Waals surface area contributed by atoms with E-state index in [1.165, 1.54) is 0 Å². The molecule has 0 aliphatic rings. The zero-order valence-electron chi connectivity index (χ0n) is 13.5. The van der Waals surface area contributed by atoms with Crippen LogP contribution in [0.1, 0.15) is 41.0 Å². The summed E-state index contributed by atoms with van der Waals surface area (Å²) in [5, 5.41) is 8.66. The predicted molar refractivity (Wildman–Crippen MR) is 79.5 cm³/mol. The van der Waals surface area contributed by atoms with Gasteiger partial charge in [0, 0.05) is 25.8 Å². The summed E-state index contributed by atoms with van der Waals surface area (Å²) in [5.41, 5.74) is -0.279. The highest BCUT2D eigenvalue weighted by atomic mass is 16.5. The van der Waals surface area contributed by atoms with Gasteiger partial charge in [-0.15, -0.1) is 0 Å². The molecule has 0 aromatic carbocycles. The predicted octanol–water partition coefficient (Wildman–Crippen LogP) is 0.420. The summed E-state index contributed by atoms with van der Waals surface area (Å²) in [6.45, 7) is 10.4. The number of nitrogens with one attached hydrogen (secondary N) is 3. The summed E-state index contributed by atoms with van der Waals surface area (Å²) in [6, 6.07) is -0.841. The number of hydrogen-bond donors (Lipinski definition) is 3. The molecule has 118 valence electrons. The molecule has 0 rings (SSSR count). The summed E-state index contributed by atoms with van der Waals surface area (Å²) < 4.78 is 4.91. The lowest BCUT2D eigenvalue weighted by molar-refractivity contribution is -0.125. The summed E-state index contributed by atoms with van der Waals surface area (Å²) in [7, 11) is 1.63. The molecule has 0 heterocycles. The molecule has 0 aromatic heterocycles. The van der Waals surface area contributed by atoms with Crippen LogP contribution in [0.3, 0.4) is 0 Å². The molecular formula is C14H29N3O3. The van der Waals surface area contributed by atoms with Crippen molar-refractivity contribution in [3.63, 3.8) is 0 Å². The molecule has 3 N–H and O–H groups in total. The Morgan fingerprint density at radius 3 is 2.15 bits per heavy atom. The van der Waals surface area contributed by atoms with Gasteiger partial charge in [0.1, 0.15) is 0 Å². The monoisotopic (exact) mass is 287 g/mol. The first kappa shape index (κ1) is 18.9. The first-order valence-electron chi connectivity index (χ1n) is 7.02. The van der Waals surface area contributed by atoms with Crippen molar-refractivity contribution in [3.05, 3.63) is 0 Å². The van der Waals surface area contributed by atoms with Gasteiger partial charge < -0.3 is 15.4 Å². The summed E-state index contributed by atoms with van der Waals surface area (Å²) in [6.07, 6.45) is 0.773. The molecule has 0 aliphatic carbocycles. The summed E-state index contributed by atoms with van der Waals surface area (Å²) in [4.78, 5) is 23.7. The molecule has 6 nitrogen and oxygen atoms in total. The second kappa shape index (κ2) is 8.92. The van der Waals surface area contributed by atoms with Crippen LogP contribution in [0.15, 0.2) is 0 Å². The van der Waals surface area contributed by atoms with Crippen molar-refractivity contribution < 1.29 is 14.3 Å². The van der Waals surface area contributed by atoms with E-state index in [1.807, 2.05) is 20.8 Å². The van der Waals surface area contributed by atoms with Crippen molar-refractivity contribution in [3.8, 4) is 0 Å². The average Bonchev–Trinajstić information content (AvgIpc) is 2.32. The van der Waals surface area contributed by atoms with E-state index in [0.29, 0.717) is 13.2 Å². The third-order valence-electron chi connectivity index (χ3n) is 2.61. The van der Waals surface area contributed by atoms with Crippen LogP contribution in [0.5, 0.6) is 0 Å². The van der Waals surface area contributed by atoms with E-state index in [-0.39, 0.29) is 17.4 Å². The van der Waals surface area contributed by atoms with Gasteiger partial charge in [-0.3, -0.25) is 14.9 Å². The number of amides is 2. The van der Waals surface area contributed by atoms with Crippen LogP contribution in [0, 0.1) is 0 Å². The maximum Gasteiger partial charge on any atom is 0.237 e. The maximum atomic E-state index is 11.9. The van der Waals surface area contributed by atoms with E-state index in [9.17, 15) is 9.59 Å². The lowest BCUT2D eigenvalue weighted by Crippen LogP contribution is -2.54. The Bertz CT molecular complexity index is 313. The standard InChI is InChI=1S/C14H29N3O3/c1-10(12(18)15-8-7-9-20-6)16-11(2)13(19)17-14(3,4)5/h10-11,16H,7-9H2,1-6H3,(H,15,18)(H,17,19). The Morgan fingerprint density at radius 2 is 1.65 bits per heavy atom. The molecule has 0 fully saturated rings. The normalized spacial score (nSPS) is 14.5. The highest BCUT2D eigenvalue weighted by Crippen LogP contribution is 2.00. The van der Waals surface area contributed by atoms with Crippen LogP contribution in [0.4, 0.5) is 0 Å². The van der Waals surface area contributed by atoms with E-state index in [1.54, 1.807) is 21.0 Å². The summed E-state index contributed by atoms with van der Waals surface area (Å²) >= 11 is 0. The van der Waals surface area contributed by atoms with Crippen molar-refractivity contribution in [2.45, 2.75) is 58.7 Å². The average molecular weight is 287 g/mol. The minimum absolute atomic E-state index is 0.114. The van der Waals surface area contributed by atoms with Crippen LogP contribution >= 0.6 is 0 Å². The molecule has 0 saturated heterocycles. The van der Waals surface area contributed by atoms with Crippen molar-refractivity contribution in [2.75, 3.05) is 20.3 Å². The minimum atomic E-state index is -0.422. The number of rotatable bonds is 8. The SMILES string of the molecule is COCCCNC(=O)C(C)NC(C)C(=O)NC(C)(C)C. The number of carbonyl (C=O) groups excluding carboxylic acids is 2. The molecule has 0 saturated carbocycles. The van der Waals surface area contributed by atoms with Crippen LogP contribution < -0.4 is 16.0 Å². The van der Waals surface area contributed by atoms with Gasteiger partial charge in [-0.25, -0.2) is 0 Å². The fourth-order valence-corrected chi connectivity index (χ4v) is 1.59. The number of ether oxygens (including phenoxy) is 1. The Balaban J connectivity index is 4.08. The van der Waals surface area contributed by atoms with Gasteiger partial charge in [0.2, 0.25) is 11.8 Å². The first-order valence-corrected chi connectivity index (χ1v) is 7.02. The molecular weight excluding hydrogens is 258 g/mol. The lowest BCUT2D eigenvalue weighted by Gasteiger charge is -2.25. The Hall–Kier alpha value is -1.14. The van der Waals surface area contributed by atoms with Crippen LogP contribution in [-0.4, -0.2) is 49.7 Å². The molecule has 2 atom stereocenters. The Labute approximate surface area is 122 Å². The number of methoxy groups -OCH3 is 1. The molecule has 2 amide bonds. The van der Waals surface area contributed by atoms with Gasteiger partial charge in [-0.1, -0.05) is 0 Å². The van der Waals surface area contributed by atoms with Crippen molar-refractivity contribution in [1.29, 1.82) is 0 Å². The Morgan fingerprint density at radius 1 is 1.10 bits per heavy atom. The largest absolute Gasteiger partial charge is 0.385 e. The highest BCUT2D eigenvalue weighted by Gasteiger charge is 2.22. The van der Waals surface area contributed by atoms with Gasteiger partial charge in [-0.05, 0) is 41.0 Å². The number of hydrogen-bond acceptors (Lipinski definition) is 4. The highest BCUT2D eigenvalue weighted by molar-refractivity contribution is 5.85. The molecule has 0 aliphatic heterocycles. The third kappa shape index (κ3) is 8.87. The van der Waals surface area contributed by atoms with Crippen molar-refractivity contribution in [2.24, 2.45) is 0 Å². The maximum absolute atomic E-state index is 11.9. The molecule has 0 radical (unpaired) electrons. The zero-order valence-corrected chi connectivity index (χ0v) is 13.5. The van der Waals surface area contributed by atoms with Crippen molar-refractivity contribution in [1.82, 2.24) is 16.0 Å². The van der Waals surface area contributed by atoms with Crippen LogP contribution in [-0.2, 0) is 14.3 Å². The van der Waals surface area contributed by atoms with E-state index in [2.05, 4.69) is 16.0 Å². The molecule has 0 bridgehead atoms. The van der Waals surface area contributed by atoms with E-state index in [0.717, 1.165) is 6.42 Å². The van der Waals surface area contributed by atoms with Crippen molar-refractivity contribution >= 4 is 11.8 Å². The summed E-state index contributed by atoms with van der Waals surface area (Å²) in [5.74, 6) is -0.229. The third-order valence-corrected chi connectivity index (χ3v) is 2.61.